The first kappa shape index (κ1) is 17.2. The highest BCUT2D eigenvalue weighted by atomic mass is 32.2. The molecule has 3 aromatic rings. The number of rotatable bonds is 7. The Morgan fingerprint density at radius 1 is 1.16 bits per heavy atom. The summed E-state index contributed by atoms with van der Waals surface area (Å²) in [5.41, 5.74) is 2.00. The van der Waals surface area contributed by atoms with Gasteiger partial charge in [-0.2, -0.15) is 0 Å². The summed E-state index contributed by atoms with van der Waals surface area (Å²) in [6.07, 6.45) is 4.13. The van der Waals surface area contributed by atoms with Crippen molar-refractivity contribution >= 4 is 17.7 Å². The smallest absolute Gasteiger partial charge is 0.277 e. The van der Waals surface area contributed by atoms with Crippen LogP contribution >= 0.6 is 11.8 Å². The van der Waals surface area contributed by atoms with Crippen molar-refractivity contribution in [2.24, 2.45) is 0 Å². The lowest BCUT2D eigenvalue weighted by Gasteiger charge is -2.09. The lowest BCUT2D eigenvalue weighted by Crippen LogP contribution is -2.32. The molecule has 0 bridgehead atoms. The Hall–Kier alpha value is -2.67. The van der Waals surface area contributed by atoms with Crippen LogP contribution in [0.5, 0.6) is 0 Å². The highest BCUT2D eigenvalue weighted by molar-refractivity contribution is 8.00. The number of nitrogens with one attached hydrogen (secondary N) is 1. The average Bonchev–Trinajstić information content (AvgIpc) is 3.12. The first-order valence-corrected chi connectivity index (χ1v) is 8.82. The molecule has 1 aromatic carbocycles. The number of pyridine rings is 1. The summed E-state index contributed by atoms with van der Waals surface area (Å²) in [7, 11) is 0. The van der Waals surface area contributed by atoms with Gasteiger partial charge in [-0.25, -0.2) is 0 Å². The van der Waals surface area contributed by atoms with Crippen LogP contribution in [0.4, 0.5) is 0 Å². The van der Waals surface area contributed by atoms with Crippen molar-refractivity contribution in [2.45, 2.75) is 23.8 Å². The van der Waals surface area contributed by atoms with Crippen molar-refractivity contribution < 1.29 is 9.21 Å². The number of amides is 1. The van der Waals surface area contributed by atoms with Gasteiger partial charge >= 0.3 is 0 Å². The molecule has 6 nitrogen and oxygen atoms in total. The number of thioether (sulfide) groups is 1. The summed E-state index contributed by atoms with van der Waals surface area (Å²) < 4.78 is 5.60. The Labute approximate surface area is 150 Å². The molecule has 1 amide bonds. The Kier molecular flexibility index (Phi) is 5.79. The zero-order valence-corrected chi connectivity index (χ0v) is 14.6. The predicted molar refractivity (Wildman–Crippen MR) is 96.0 cm³/mol. The minimum atomic E-state index is -0.318. The number of hydrogen-bond donors (Lipinski definition) is 1. The van der Waals surface area contributed by atoms with Crippen molar-refractivity contribution in [1.82, 2.24) is 20.5 Å². The van der Waals surface area contributed by atoms with E-state index in [1.807, 2.05) is 37.3 Å². The zero-order valence-electron chi connectivity index (χ0n) is 13.8. The second kappa shape index (κ2) is 8.43. The Bertz CT molecular complexity index is 808. The van der Waals surface area contributed by atoms with Crippen LogP contribution < -0.4 is 5.32 Å². The number of aromatic nitrogens is 3. The largest absolute Gasteiger partial charge is 0.411 e. The van der Waals surface area contributed by atoms with Crippen molar-refractivity contribution in [3.05, 3.63) is 60.4 Å². The summed E-state index contributed by atoms with van der Waals surface area (Å²) in [5, 5.41) is 11.0. The van der Waals surface area contributed by atoms with E-state index in [1.165, 1.54) is 17.3 Å². The van der Waals surface area contributed by atoms with Gasteiger partial charge in [-0.3, -0.25) is 9.78 Å². The third kappa shape index (κ3) is 4.90. The number of carbonyl (C=O) groups excluding carboxylic acids is 1. The summed E-state index contributed by atoms with van der Waals surface area (Å²) in [5.74, 6) is 0.367. The molecule has 25 heavy (non-hydrogen) atoms. The van der Waals surface area contributed by atoms with Crippen molar-refractivity contribution in [2.75, 3.05) is 6.54 Å². The molecule has 0 fully saturated rings. The molecular formula is C18H18N4O2S. The third-order valence-corrected chi connectivity index (χ3v) is 4.47. The average molecular weight is 354 g/mol. The minimum Gasteiger partial charge on any atom is -0.411 e. The molecular weight excluding hydrogens is 336 g/mol. The Balaban J connectivity index is 1.49. The minimum absolute atomic E-state index is 0.0513. The van der Waals surface area contributed by atoms with Crippen LogP contribution in [0.25, 0.3) is 11.5 Å². The fourth-order valence-corrected chi connectivity index (χ4v) is 2.90. The topological polar surface area (TPSA) is 80.9 Å². The SMILES string of the molecule is C[C@H](Sc1nnc(-c2ccncc2)o1)C(=O)NCCc1ccccc1. The van der Waals surface area contributed by atoms with E-state index in [4.69, 9.17) is 4.42 Å². The number of benzene rings is 1. The molecule has 0 saturated heterocycles. The van der Waals surface area contributed by atoms with E-state index in [-0.39, 0.29) is 11.2 Å². The van der Waals surface area contributed by atoms with Gasteiger partial charge in [-0.1, -0.05) is 42.1 Å². The van der Waals surface area contributed by atoms with Gasteiger partial charge in [0.05, 0.1) is 5.25 Å². The fraction of sp³-hybridized carbons (Fsp3) is 0.222. The summed E-state index contributed by atoms with van der Waals surface area (Å²) in [6, 6.07) is 13.6. The molecule has 0 unspecified atom stereocenters. The molecule has 3 rings (SSSR count). The molecule has 1 atom stereocenters. The number of nitrogens with zero attached hydrogens (tertiary/aromatic N) is 3. The normalized spacial score (nSPS) is 11.9. The molecule has 7 heteroatoms. The van der Waals surface area contributed by atoms with Gasteiger partial charge in [0.15, 0.2) is 0 Å². The zero-order chi connectivity index (χ0) is 17.5. The summed E-state index contributed by atoms with van der Waals surface area (Å²) in [4.78, 5) is 16.1. The molecule has 0 radical (unpaired) electrons. The van der Waals surface area contributed by atoms with E-state index in [2.05, 4.69) is 20.5 Å². The van der Waals surface area contributed by atoms with Gasteiger partial charge in [0.2, 0.25) is 11.8 Å². The first-order valence-electron chi connectivity index (χ1n) is 7.94. The quantitative estimate of drug-likeness (QED) is 0.657. The molecule has 2 heterocycles. The Morgan fingerprint density at radius 3 is 2.68 bits per heavy atom. The highest BCUT2D eigenvalue weighted by Gasteiger charge is 2.18. The fourth-order valence-electron chi connectivity index (χ4n) is 2.19. The van der Waals surface area contributed by atoms with Gasteiger partial charge in [0.25, 0.3) is 5.22 Å². The second-order valence-corrected chi connectivity index (χ2v) is 6.69. The highest BCUT2D eigenvalue weighted by Crippen LogP contribution is 2.25. The maximum atomic E-state index is 12.2. The third-order valence-electron chi connectivity index (χ3n) is 3.54. The van der Waals surface area contributed by atoms with Crippen LogP contribution in [0.1, 0.15) is 12.5 Å². The molecule has 128 valence electrons. The standard InChI is InChI=1S/C18H18N4O2S/c1-13(16(23)20-12-7-14-5-3-2-4-6-14)25-18-22-21-17(24-18)15-8-10-19-11-9-15/h2-6,8-11,13H,7,12H2,1H3,(H,20,23)/t13-/m0/s1. The van der Waals surface area contributed by atoms with Crippen LogP contribution in [0.15, 0.2) is 64.5 Å². The van der Waals surface area contributed by atoms with E-state index < -0.39 is 0 Å². The first-order chi connectivity index (χ1) is 12.2. The monoisotopic (exact) mass is 354 g/mol. The second-order valence-electron chi connectivity index (χ2n) is 5.40. The maximum Gasteiger partial charge on any atom is 0.277 e. The summed E-state index contributed by atoms with van der Waals surface area (Å²) in [6.45, 7) is 2.42. The lowest BCUT2D eigenvalue weighted by atomic mass is 10.1. The number of hydrogen-bond acceptors (Lipinski definition) is 6. The maximum absolute atomic E-state index is 12.2. The van der Waals surface area contributed by atoms with Crippen molar-refractivity contribution in [1.29, 1.82) is 0 Å². The molecule has 2 aromatic heterocycles. The van der Waals surface area contributed by atoms with E-state index >= 15 is 0 Å². The number of carbonyl (C=O) groups is 1. The van der Waals surface area contributed by atoms with Crippen LogP contribution in [0.3, 0.4) is 0 Å². The molecule has 1 N–H and O–H groups in total. The van der Waals surface area contributed by atoms with Crippen LogP contribution in [-0.4, -0.2) is 32.9 Å². The van der Waals surface area contributed by atoms with Crippen LogP contribution in [0.2, 0.25) is 0 Å². The lowest BCUT2D eigenvalue weighted by molar-refractivity contribution is -0.120. The molecule has 0 spiro atoms. The van der Waals surface area contributed by atoms with E-state index in [1.54, 1.807) is 24.5 Å². The predicted octanol–water partition coefficient (Wildman–Crippen LogP) is 2.97. The van der Waals surface area contributed by atoms with Crippen LogP contribution in [0, 0.1) is 0 Å². The molecule has 0 aliphatic heterocycles. The van der Waals surface area contributed by atoms with E-state index in [0.29, 0.717) is 17.7 Å². The summed E-state index contributed by atoms with van der Waals surface area (Å²) >= 11 is 1.25. The van der Waals surface area contributed by atoms with E-state index in [9.17, 15) is 4.79 Å². The molecule has 0 saturated carbocycles. The van der Waals surface area contributed by atoms with Gasteiger partial charge in [0, 0.05) is 24.5 Å². The van der Waals surface area contributed by atoms with Gasteiger partial charge in [-0.05, 0) is 31.0 Å². The van der Waals surface area contributed by atoms with Gasteiger partial charge in [0.1, 0.15) is 0 Å². The molecule has 0 aliphatic rings. The van der Waals surface area contributed by atoms with E-state index in [0.717, 1.165) is 12.0 Å². The van der Waals surface area contributed by atoms with Crippen molar-refractivity contribution in [3.63, 3.8) is 0 Å². The Morgan fingerprint density at radius 2 is 1.92 bits per heavy atom. The van der Waals surface area contributed by atoms with Gasteiger partial charge < -0.3 is 9.73 Å². The van der Waals surface area contributed by atoms with Gasteiger partial charge in [-0.15, -0.1) is 10.2 Å². The van der Waals surface area contributed by atoms with Crippen molar-refractivity contribution in [3.8, 4) is 11.5 Å². The molecule has 0 aliphatic carbocycles. The van der Waals surface area contributed by atoms with Crippen LogP contribution in [-0.2, 0) is 11.2 Å².